The molecule has 4 nitrogen and oxygen atoms in total. The molecule has 1 aromatic rings. The van der Waals surface area contributed by atoms with Gasteiger partial charge >= 0.3 is 0 Å². The molecular formula is C15H21ClN2O2. The number of carbonyl (C=O) groups is 1. The van der Waals surface area contributed by atoms with E-state index >= 15 is 0 Å². The summed E-state index contributed by atoms with van der Waals surface area (Å²) in [7, 11) is 3.54. The second-order valence-electron chi connectivity index (χ2n) is 5.43. The summed E-state index contributed by atoms with van der Waals surface area (Å²) in [6.45, 7) is 3.38. The molecule has 1 N–H and O–H groups in total. The molecule has 1 heterocycles. The van der Waals surface area contributed by atoms with Crippen molar-refractivity contribution in [1.82, 2.24) is 10.2 Å². The van der Waals surface area contributed by atoms with Gasteiger partial charge in [-0.1, -0.05) is 11.6 Å². The van der Waals surface area contributed by atoms with Crippen molar-refractivity contribution in [3.8, 4) is 5.75 Å². The van der Waals surface area contributed by atoms with Crippen molar-refractivity contribution in [2.24, 2.45) is 0 Å². The van der Waals surface area contributed by atoms with E-state index in [2.05, 4.69) is 5.32 Å². The maximum Gasteiger partial charge on any atom is 0.223 e. The third-order valence-electron chi connectivity index (χ3n) is 3.45. The Balaban J connectivity index is 1.96. The standard InChI is InChI=1S/C15H21ClN2O2/c1-10(6-14(19)18(2)3)17-9-12-8-13(16)7-11-4-5-20-15(11)12/h7-8,10,17H,4-6,9H2,1-3H3/t10-/m1/s1. The van der Waals surface area contributed by atoms with Gasteiger partial charge < -0.3 is 15.0 Å². The van der Waals surface area contributed by atoms with Gasteiger partial charge in [-0.2, -0.15) is 0 Å². The van der Waals surface area contributed by atoms with E-state index in [9.17, 15) is 4.79 Å². The Kier molecular flexibility index (Phi) is 4.89. The van der Waals surface area contributed by atoms with Crippen LogP contribution < -0.4 is 10.1 Å². The molecule has 1 aliphatic heterocycles. The third-order valence-corrected chi connectivity index (χ3v) is 3.66. The number of hydrogen-bond acceptors (Lipinski definition) is 3. The van der Waals surface area contributed by atoms with Crippen molar-refractivity contribution in [3.05, 3.63) is 28.3 Å². The van der Waals surface area contributed by atoms with Crippen LogP contribution in [-0.4, -0.2) is 37.6 Å². The van der Waals surface area contributed by atoms with Crippen LogP contribution in [0.2, 0.25) is 5.02 Å². The van der Waals surface area contributed by atoms with Gasteiger partial charge in [0.15, 0.2) is 0 Å². The molecule has 20 heavy (non-hydrogen) atoms. The Morgan fingerprint density at radius 3 is 2.95 bits per heavy atom. The summed E-state index contributed by atoms with van der Waals surface area (Å²) in [6, 6.07) is 4.01. The minimum Gasteiger partial charge on any atom is -0.493 e. The van der Waals surface area contributed by atoms with Crippen LogP contribution >= 0.6 is 11.6 Å². The largest absolute Gasteiger partial charge is 0.493 e. The number of fused-ring (bicyclic) bond motifs is 1. The number of carbonyl (C=O) groups excluding carboxylic acids is 1. The maximum absolute atomic E-state index is 11.6. The predicted octanol–water partition coefficient (Wildman–Crippen LogP) is 2.23. The van der Waals surface area contributed by atoms with E-state index in [0.717, 1.165) is 29.4 Å². The zero-order chi connectivity index (χ0) is 14.7. The highest BCUT2D eigenvalue weighted by Crippen LogP contribution is 2.32. The summed E-state index contributed by atoms with van der Waals surface area (Å²) < 4.78 is 5.66. The van der Waals surface area contributed by atoms with Gasteiger partial charge in [0.2, 0.25) is 5.91 Å². The summed E-state index contributed by atoms with van der Waals surface area (Å²) in [6.07, 6.45) is 1.40. The summed E-state index contributed by atoms with van der Waals surface area (Å²) in [5.41, 5.74) is 2.24. The highest BCUT2D eigenvalue weighted by molar-refractivity contribution is 6.30. The molecule has 0 spiro atoms. The first kappa shape index (κ1) is 15.1. The van der Waals surface area contributed by atoms with Crippen molar-refractivity contribution in [2.45, 2.75) is 32.4 Å². The zero-order valence-electron chi connectivity index (χ0n) is 12.2. The minimum atomic E-state index is 0.112. The molecular weight excluding hydrogens is 276 g/mol. The Morgan fingerprint density at radius 2 is 2.25 bits per heavy atom. The van der Waals surface area contributed by atoms with E-state index in [1.807, 2.05) is 19.1 Å². The maximum atomic E-state index is 11.6. The fourth-order valence-electron chi connectivity index (χ4n) is 2.28. The number of halogens is 1. The number of ether oxygens (including phenoxy) is 1. The lowest BCUT2D eigenvalue weighted by molar-refractivity contribution is -0.129. The lowest BCUT2D eigenvalue weighted by Gasteiger charge is -2.17. The van der Waals surface area contributed by atoms with Crippen molar-refractivity contribution in [3.63, 3.8) is 0 Å². The normalized spacial score (nSPS) is 14.6. The molecule has 5 heteroatoms. The fraction of sp³-hybridized carbons (Fsp3) is 0.533. The van der Waals surface area contributed by atoms with Crippen LogP contribution in [0.5, 0.6) is 5.75 Å². The van der Waals surface area contributed by atoms with Crippen LogP contribution in [-0.2, 0) is 17.8 Å². The van der Waals surface area contributed by atoms with Crippen molar-refractivity contribution in [2.75, 3.05) is 20.7 Å². The second kappa shape index (κ2) is 6.46. The van der Waals surface area contributed by atoms with Gasteiger partial charge in [0, 0.05) is 50.1 Å². The lowest BCUT2D eigenvalue weighted by Crippen LogP contribution is -2.33. The van der Waals surface area contributed by atoms with E-state index in [1.54, 1.807) is 19.0 Å². The lowest BCUT2D eigenvalue weighted by atomic mass is 10.1. The van der Waals surface area contributed by atoms with E-state index in [-0.39, 0.29) is 11.9 Å². The number of amides is 1. The number of nitrogens with one attached hydrogen (secondary N) is 1. The Morgan fingerprint density at radius 1 is 1.50 bits per heavy atom. The van der Waals surface area contributed by atoms with Gasteiger partial charge in [0.25, 0.3) is 0 Å². The minimum absolute atomic E-state index is 0.112. The SMILES string of the molecule is C[C@H](CC(=O)N(C)C)NCc1cc(Cl)cc2c1OCC2. The molecule has 0 aromatic heterocycles. The number of hydrogen-bond donors (Lipinski definition) is 1. The van der Waals surface area contributed by atoms with Crippen LogP contribution in [0.15, 0.2) is 12.1 Å². The molecule has 1 amide bonds. The zero-order valence-corrected chi connectivity index (χ0v) is 13.0. The first-order valence-electron chi connectivity index (χ1n) is 6.85. The topological polar surface area (TPSA) is 41.6 Å². The quantitative estimate of drug-likeness (QED) is 0.906. The van der Waals surface area contributed by atoms with E-state index in [4.69, 9.17) is 16.3 Å². The number of benzene rings is 1. The van der Waals surface area contributed by atoms with Gasteiger partial charge in [0.05, 0.1) is 6.61 Å². The van der Waals surface area contributed by atoms with Crippen LogP contribution in [0.1, 0.15) is 24.5 Å². The van der Waals surface area contributed by atoms with Gasteiger partial charge in [-0.3, -0.25) is 4.79 Å². The number of nitrogens with zero attached hydrogens (tertiary/aromatic N) is 1. The van der Waals surface area contributed by atoms with Crippen LogP contribution in [0.25, 0.3) is 0 Å². The molecule has 1 aliphatic rings. The van der Waals surface area contributed by atoms with Crippen molar-refractivity contribution < 1.29 is 9.53 Å². The van der Waals surface area contributed by atoms with Crippen molar-refractivity contribution in [1.29, 1.82) is 0 Å². The smallest absolute Gasteiger partial charge is 0.223 e. The second-order valence-corrected chi connectivity index (χ2v) is 5.86. The van der Waals surface area contributed by atoms with Crippen LogP contribution in [0.4, 0.5) is 0 Å². The summed E-state index contributed by atoms with van der Waals surface area (Å²) in [5.74, 6) is 1.07. The van der Waals surface area contributed by atoms with Gasteiger partial charge in [-0.25, -0.2) is 0 Å². The highest BCUT2D eigenvalue weighted by atomic mass is 35.5. The van der Waals surface area contributed by atoms with Crippen molar-refractivity contribution >= 4 is 17.5 Å². The molecule has 1 atom stereocenters. The van der Waals surface area contributed by atoms with Gasteiger partial charge in [-0.05, 0) is 24.6 Å². The highest BCUT2D eigenvalue weighted by Gasteiger charge is 2.18. The average molecular weight is 297 g/mol. The third kappa shape index (κ3) is 3.64. The summed E-state index contributed by atoms with van der Waals surface area (Å²) >= 11 is 6.13. The van der Waals surface area contributed by atoms with E-state index in [0.29, 0.717) is 13.0 Å². The number of rotatable bonds is 5. The van der Waals surface area contributed by atoms with E-state index < -0.39 is 0 Å². The van der Waals surface area contributed by atoms with E-state index in [1.165, 1.54) is 5.56 Å². The Bertz CT molecular complexity index is 503. The molecule has 1 aromatic carbocycles. The monoisotopic (exact) mass is 296 g/mol. The molecule has 0 saturated heterocycles. The molecule has 0 fully saturated rings. The molecule has 0 saturated carbocycles. The molecule has 0 radical (unpaired) electrons. The molecule has 0 aliphatic carbocycles. The molecule has 110 valence electrons. The first-order valence-corrected chi connectivity index (χ1v) is 7.23. The Labute approximate surface area is 125 Å². The van der Waals surface area contributed by atoms with Gasteiger partial charge in [0.1, 0.15) is 5.75 Å². The van der Waals surface area contributed by atoms with Crippen LogP contribution in [0, 0.1) is 0 Å². The first-order chi connectivity index (χ1) is 9.47. The fourth-order valence-corrected chi connectivity index (χ4v) is 2.54. The summed E-state index contributed by atoms with van der Waals surface area (Å²) in [4.78, 5) is 13.3. The summed E-state index contributed by atoms with van der Waals surface area (Å²) in [5, 5.41) is 4.09. The predicted molar refractivity (Wildman–Crippen MR) is 80.3 cm³/mol. The molecule has 0 bridgehead atoms. The van der Waals surface area contributed by atoms with Crippen LogP contribution in [0.3, 0.4) is 0 Å². The average Bonchev–Trinajstić information content (AvgIpc) is 2.83. The molecule has 0 unspecified atom stereocenters. The van der Waals surface area contributed by atoms with Gasteiger partial charge in [-0.15, -0.1) is 0 Å². The Hall–Kier alpha value is -1.26. The molecule has 2 rings (SSSR count).